The maximum atomic E-state index is 11.2. The number of rotatable bonds is 4. The van der Waals surface area contributed by atoms with Gasteiger partial charge in [-0.15, -0.1) is 11.6 Å². The van der Waals surface area contributed by atoms with E-state index in [-0.39, 0.29) is 0 Å². The quantitative estimate of drug-likeness (QED) is 0.618. The lowest BCUT2D eigenvalue weighted by molar-refractivity contribution is -0.140. The molecule has 0 saturated heterocycles. The number of esters is 1. The van der Waals surface area contributed by atoms with Gasteiger partial charge in [-0.2, -0.15) is 0 Å². The van der Waals surface area contributed by atoms with E-state index in [9.17, 15) is 4.79 Å². The molecule has 0 radical (unpaired) electrons. The third-order valence-corrected chi connectivity index (χ3v) is 2.68. The van der Waals surface area contributed by atoms with Crippen LogP contribution in [0.15, 0.2) is 18.2 Å². The lowest BCUT2D eigenvalue weighted by Crippen LogP contribution is -2.08. The molecular formula is C11H12Cl2O3. The molecule has 0 fully saturated rings. The van der Waals surface area contributed by atoms with Crippen LogP contribution in [-0.2, 0) is 9.53 Å². The van der Waals surface area contributed by atoms with Crippen molar-refractivity contribution in [3.05, 3.63) is 28.8 Å². The Balaban J connectivity index is 2.92. The highest BCUT2D eigenvalue weighted by Gasteiger charge is 2.19. The summed E-state index contributed by atoms with van der Waals surface area (Å²) in [6.07, 6.45) is 0. The van der Waals surface area contributed by atoms with Crippen LogP contribution in [0, 0.1) is 0 Å². The lowest BCUT2D eigenvalue weighted by atomic mass is 10.1. The molecule has 0 saturated carbocycles. The summed E-state index contributed by atoms with van der Waals surface area (Å²) in [5.41, 5.74) is 0.585. The molecule has 5 heteroatoms. The molecule has 88 valence electrons. The van der Waals surface area contributed by atoms with Gasteiger partial charge in [-0.3, -0.25) is 4.79 Å². The molecule has 0 spiro atoms. The maximum Gasteiger partial charge on any atom is 0.328 e. The fourth-order valence-corrected chi connectivity index (χ4v) is 1.66. The minimum Gasteiger partial charge on any atom is -0.492 e. The summed E-state index contributed by atoms with van der Waals surface area (Å²) in [7, 11) is 1.29. The van der Waals surface area contributed by atoms with E-state index < -0.39 is 11.3 Å². The topological polar surface area (TPSA) is 35.5 Å². The van der Waals surface area contributed by atoms with Gasteiger partial charge in [0.2, 0.25) is 0 Å². The first-order valence-electron chi connectivity index (χ1n) is 4.74. The zero-order valence-corrected chi connectivity index (χ0v) is 10.5. The van der Waals surface area contributed by atoms with Crippen LogP contribution in [0.25, 0.3) is 0 Å². The van der Waals surface area contributed by atoms with Gasteiger partial charge in [-0.05, 0) is 24.6 Å². The molecule has 0 bridgehead atoms. The Morgan fingerprint density at radius 2 is 2.19 bits per heavy atom. The van der Waals surface area contributed by atoms with Gasteiger partial charge in [-0.1, -0.05) is 17.7 Å². The van der Waals surface area contributed by atoms with Crippen LogP contribution < -0.4 is 4.74 Å². The minimum atomic E-state index is -0.849. The van der Waals surface area contributed by atoms with E-state index in [4.69, 9.17) is 27.9 Å². The minimum absolute atomic E-state index is 0.425. The summed E-state index contributed by atoms with van der Waals surface area (Å²) in [4.78, 5) is 11.2. The summed E-state index contributed by atoms with van der Waals surface area (Å²) >= 11 is 11.8. The molecule has 0 aliphatic heterocycles. The Labute approximate surface area is 104 Å². The molecule has 1 unspecified atom stereocenters. The van der Waals surface area contributed by atoms with Crippen molar-refractivity contribution in [2.24, 2.45) is 0 Å². The number of benzene rings is 1. The van der Waals surface area contributed by atoms with Crippen LogP contribution >= 0.6 is 23.2 Å². The molecule has 0 aromatic heterocycles. The standard InChI is InChI=1S/C11H12Cl2O3/c1-3-16-9-5-4-7(6-8(9)12)10(13)11(14)15-2/h4-6,10H,3H2,1-2H3. The summed E-state index contributed by atoms with van der Waals surface area (Å²) in [5.74, 6) is 0.0588. The second-order valence-electron chi connectivity index (χ2n) is 3.01. The van der Waals surface area contributed by atoms with Crippen molar-refractivity contribution in [3.63, 3.8) is 0 Å². The molecular weight excluding hydrogens is 251 g/mol. The van der Waals surface area contributed by atoms with E-state index in [1.807, 2.05) is 6.92 Å². The number of carbonyl (C=O) groups excluding carboxylic acids is 1. The molecule has 1 aromatic carbocycles. The highest BCUT2D eigenvalue weighted by molar-refractivity contribution is 6.33. The van der Waals surface area contributed by atoms with Crippen molar-refractivity contribution in [2.75, 3.05) is 13.7 Å². The van der Waals surface area contributed by atoms with E-state index in [1.54, 1.807) is 18.2 Å². The molecule has 1 rings (SSSR count). The van der Waals surface area contributed by atoms with Crippen LogP contribution in [0.1, 0.15) is 17.9 Å². The van der Waals surface area contributed by atoms with E-state index in [0.29, 0.717) is 22.9 Å². The molecule has 0 heterocycles. The zero-order chi connectivity index (χ0) is 12.1. The van der Waals surface area contributed by atoms with Crippen LogP contribution in [-0.4, -0.2) is 19.7 Å². The third kappa shape index (κ3) is 3.03. The Hall–Kier alpha value is -0.930. The van der Waals surface area contributed by atoms with Crippen LogP contribution in [0.5, 0.6) is 5.75 Å². The van der Waals surface area contributed by atoms with Crippen molar-refractivity contribution in [2.45, 2.75) is 12.3 Å². The van der Waals surface area contributed by atoms with Gasteiger partial charge in [0.25, 0.3) is 0 Å². The number of ether oxygens (including phenoxy) is 2. The molecule has 0 N–H and O–H groups in total. The first-order valence-corrected chi connectivity index (χ1v) is 5.55. The molecule has 1 aromatic rings. The smallest absolute Gasteiger partial charge is 0.328 e. The molecule has 0 amide bonds. The van der Waals surface area contributed by atoms with Crippen LogP contribution in [0.4, 0.5) is 0 Å². The second kappa shape index (κ2) is 5.97. The Bertz CT molecular complexity index is 379. The van der Waals surface area contributed by atoms with Gasteiger partial charge in [0, 0.05) is 0 Å². The first kappa shape index (κ1) is 13.1. The molecule has 0 aliphatic carbocycles. The number of hydrogen-bond acceptors (Lipinski definition) is 3. The van der Waals surface area contributed by atoms with E-state index in [0.717, 1.165) is 0 Å². The number of methoxy groups -OCH3 is 1. The van der Waals surface area contributed by atoms with Crippen molar-refractivity contribution >= 4 is 29.2 Å². The largest absolute Gasteiger partial charge is 0.492 e. The van der Waals surface area contributed by atoms with E-state index >= 15 is 0 Å². The number of hydrogen-bond donors (Lipinski definition) is 0. The van der Waals surface area contributed by atoms with Crippen molar-refractivity contribution in [1.82, 2.24) is 0 Å². The van der Waals surface area contributed by atoms with E-state index in [2.05, 4.69) is 4.74 Å². The average Bonchev–Trinajstić information content (AvgIpc) is 2.30. The fourth-order valence-electron chi connectivity index (χ4n) is 1.19. The van der Waals surface area contributed by atoms with E-state index in [1.165, 1.54) is 7.11 Å². The zero-order valence-electron chi connectivity index (χ0n) is 9.00. The molecule has 1 atom stereocenters. The van der Waals surface area contributed by atoms with Gasteiger partial charge < -0.3 is 9.47 Å². The highest BCUT2D eigenvalue weighted by Crippen LogP contribution is 2.30. The van der Waals surface area contributed by atoms with Crippen molar-refractivity contribution in [3.8, 4) is 5.75 Å². The highest BCUT2D eigenvalue weighted by atomic mass is 35.5. The SMILES string of the molecule is CCOc1ccc(C(Cl)C(=O)OC)cc1Cl. The van der Waals surface area contributed by atoms with Gasteiger partial charge in [-0.25, -0.2) is 0 Å². The van der Waals surface area contributed by atoms with Gasteiger partial charge in [0.15, 0.2) is 5.38 Å². The molecule has 0 aliphatic rings. The fraction of sp³-hybridized carbons (Fsp3) is 0.364. The number of carbonyl (C=O) groups is 1. The Morgan fingerprint density at radius 1 is 1.50 bits per heavy atom. The Kier molecular flexibility index (Phi) is 4.90. The number of halogens is 2. The lowest BCUT2D eigenvalue weighted by Gasteiger charge is -2.10. The van der Waals surface area contributed by atoms with Crippen LogP contribution in [0.3, 0.4) is 0 Å². The second-order valence-corrected chi connectivity index (χ2v) is 3.85. The van der Waals surface area contributed by atoms with Crippen LogP contribution in [0.2, 0.25) is 5.02 Å². The molecule has 3 nitrogen and oxygen atoms in total. The third-order valence-electron chi connectivity index (χ3n) is 1.96. The Morgan fingerprint density at radius 3 is 2.69 bits per heavy atom. The van der Waals surface area contributed by atoms with Crippen molar-refractivity contribution in [1.29, 1.82) is 0 Å². The molecule has 16 heavy (non-hydrogen) atoms. The van der Waals surface area contributed by atoms with Gasteiger partial charge in [0.1, 0.15) is 5.75 Å². The summed E-state index contributed by atoms with van der Waals surface area (Å²) in [5, 5.41) is -0.424. The summed E-state index contributed by atoms with van der Waals surface area (Å²) in [6, 6.07) is 4.96. The predicted octanol–water partition coefficient (Wildman–Crippen LogP) is 3.19. The maximum absolute atomic E-state index is 11.2. The summed E-state index contributed by atoms with van der Waals surface area (Å²) in [6.45, 7) is 2.39. The van der Waals surface area contributed by atoms with Gasteiger partial charge in [0.05, 0.1) is 18.7 Å². The first-order chi connectivity index (χ1) is 7.60. The normalized spacial score (nSPS) is 12.0. The van der Waals surface area contributed by atoms with Gasteiger partial charge >= 0.3 is 5.97 Å². The van der Waals surface area contributed by atoms with Crippen molar-refractivity contribution < 1.29 is 14.3 Å². The average molecular weight is 263 g/mol. The number of alkyl halides is 1. The predicted molar refractivity (Wildman–Crippen MR) is 63.2 cm³/mol. The summed E-state index contributed by atoms with van der Waals surface area (Å²) < 4.78 is 9.81. The monoisotopic (exact) mass is 262 g/mol.